The fourth-order valence-corrected chi connectivity index (χ4v) is 2.56. The molecule has 0 spiro atoms. The van der Waals surface area contributed by atoms with Gasteiger partial charge in [0.25, 0.3) is 11.8 Å². The predicted molar refractivity (Wildman–Crippen MR) is 110 cm³/mol. The second-order valence-corrected chi connectivity index (χ2v) is 6.42. The molecular formula is C20H23N3O3S. The maximum absolute atomic E-state index is 12.5. The third kappa shape index (κ3) is 6.07. The number of carbonyl (C=O) groups excluding carboxylic acids is 2. The van der Waals surface area contributed by atoms with Crippen molar-refractivity contribution in [1.29, 1.82) is 0 Å². The van der Waals surface area contributed by atoms with Gasteiger partial charge in [-0.3, -0.25) is 14.9 Å². The van der Waals surface area contributed by atoms with Crippen LogP contribution in [0.25, 0.3) is 0 Å². The lowest BCUT2D eigenvalue weighted by molar-refractivity contribution is 0.0952. The zero-order chi connectivity index (χ0) is 19.8. The number of nitrogens with one attached hydrogen (secondary N) is 3. The molecule has 0 aliphatic heterocycles. The van der Waals surface area contributed by atoms with Crippen molar-refractivity contribution in [3.8, 4) is 5.75 Å². The van der Waals surface area contributed by atoms with E-state index in [9.17, 15) is 9.59 Å². The molecule has 0 aliphatic rings. The Kier molecular flexibility index (Phi) is 7.31. The van der Waals surface area contributed by atoms with Gasteiger partial charge in [-0.1, -0.05) is 18.2 Å². The van der Waals surface area contributed by atoms with Gasteiger partial charge in [-0.15, -0.1) is 0 Å². The van der Waals surface area contributed by atoms with Gasteiger partial charge < -0.3 is 15.4 Å². The third-order valence-corrected chi connectivity index (χ3v) is 3.65. The van der Waals surface area contributed by atoms with Crippen LogP contribution in [0.5, 0.6) is 5.75 Å². The first-order chi connectivity index (χ1) is 12.9. The molecule has 2 rings (SSSR count). The summed E-state index contributed by atoms with van der Waals surface area (Å²) in [5.41, 5.74) is 1.51. The first kappa shape index (κ1) is 20.4. The molecule has 0 bridgehead atoms. The summed E-state index contributed by atoms with van der Waals surface area (Å²) in [7, 11) is 0. The number of thiocarbonyl (C=S) groups is 1. The van der Waals surface area contributed by atoms with Gasteiger partial charge in [0.05, 0.1) is 11.7 Å². The molecule has 0 atom stereocenters. The fourth-order valence-electron chi connectivity index (χ4n) is 2.34. The van der Waals surface area contributed by atoms with Gasteiger partial charge in [0.15, 0.2) is 5.11 Å². The molecule has 0 fully saturated rings. The van der Waals surface area contributed by atoms with Crippen LogP contribution in [-0.2, 0) is 0 Å². The molecule has 0 saturated heterocycles. The summed E-state index contributed by atoms with van der Waals surface area (Å²) in [6.45, 7) is 6.18. The van der Waals surface area contributed by atoms with E-state index >= 15 is 0 Å². The van der Waals surface area contributed by atoms with Gasteiger partial charge in [0.1, 0.15) is 5.75 Å². The highest BCUT2D eigenvalue weighted by molar-refractivity contribution is 7.80. The number of anilines is 1. The number of benzene rings is 2. The first-order valence-corrected chi connectivity index (χ1v) is 9.07. The number of ether oxygens (including phenoxy) is 1. The lowest BCUT2D eigenvalue weighted by atomic mass is 10.2. The van der Waals surface area contributed by atoms with Gasteiger partial charge >= 0.3 is 0 Å². The van der Waals surface area contributed by atoms with Crippen molar-refractivity contribution in [2.75, 3.05) is 11.9 Å². The van der Waals surface area contributed by atoms with Gasteiger partial charge in [-0.25, -0.2) is 0 Å². The number of hydrogen-bond acceptors (Lipinski definition) is 4. The Bertz CT molecular complexity index is 837. The van der Waals surface area contributed by atoms with Crippen molar-refractivity contribution in [1.82, 2.24) is 10.6 Å². The summed E-state index contributed by atoms with van der Waals surface area (Å²) in [5.74, 6) is -0.0504. The van der Waals surface area contributed by atoms with Crippen molar-refractivity contribution in [2.45, 2.75) is 26.9 Å². The molecule has 0 aliphatic carbocycles. The van der Waals surface area contributed by atoms with Crippen LogP contribution in [0.15, 0.2) is 48.5 Å². The number of carbonyl (C=O) groups is 2. The largest absolute Gasteiger partial charge is 0.490 e. The van der Waals surface area contributed by atoms with Gasteiger partial charge in [0.2, 0.25) is 0 Å². The van der Waals surface area contributed by atoms with Crippen LogP contribution in [0.1, 0.15) is 41.5 Å². The van der Waals surface area contributed by atoms with E-state index in [0.29, 0.717) is 29.1 Å². The summed E-state index contributed by atoms with van der Waals surface area (Å²) in [4.78, 5) is 24.4. The van der Waals surface area contributed by atoms with E-state index in [0.717, 1.165) is 0 Å². The molecule has 3 N–H and O–H groups in total. The molecule has 2 aromatic rings. The molecule has 2 aromatic carbocycles. The zero-order valence-corrected chi connectivity index (χ0v) is 16.4. The van der Waals surface area contributed by atoms with E-state index in [1.807, 2.05) is 20.8 Å². The van der Waals surface area contributed by atoms with Crippen LogP contribution in [0.2, 0.25) is 0 Å². The minimum atomic E-state index is -0.372. The molecule has 0 unspecified atom stereocenters. The normalized spacial score (nSPS) is 10.2. The first-order valence-electron chi connectivity index (χ1n) is 8.67. The van der Waals surface area contributed by atoms with Crippen LogP contribution in [0.4, 0.5) is 5.69 Å². The van der Waals surface area contributed by atoms with Gasteiger partial charge in [-0.05, 0) is 63.3 Å². The van der Waals surface area contributed by atoms with Crippen LogP contribution >= 0.6 is 12.2 Å². The second-order valence-electron chi connectivity index (χ2n) is 6.01. The number of hydrogen-bond donors (Lipinski definition) is 3. The maximum Gasteiger partial charge on any atom is 0.261 e. The van der Waals surface area contributed by atoms with E-state index in [4.69, 9.17) is 17.0 Å². The smallest absolute Gasteiger partial charge is 0.261 e. The second kappa shape index (κ2) is 9.68. The Labute approximate surface area is 164 Å². The molecule has 7 heteroatoms. The summed E-state index contributed by atoms with van der Waals surface area (Å²) in [6.07, 6.45) is -0.0546. The number of rotatable bonds is 6. The van der Waals surface area contributed by atoms with Crippen molar-refractivity contribution in [2.24, 2.45) is 0 Å². The summed E-state index contributed by atoms with van der Waals surface area (Å²) in [6, 6.07) is 13.8. The van der Waals surface area contributed by atoms with E-state index in [1.165, 1.54) is 0 Å². The van der Waals surface area contributed by atoms with Crippen LogP contribution < -0.4 is 20.7 Å². The van der Waals surface area contributed by atoms with E-state index in [-0.39, 0.29) is 23.0 Å². The van der Waals surface area contributed by atoms with Crippen molar-refractivity contribution < 1.29 is 14.3 Å². The van der Waals surface area contributed by atoms with E-state index in [2.05, 4.69) is 16.0 Å². The van der Waals surface area contributed by atoms with Crippen molar-refractivity contribution in [3.05, 3.63) is 59.7 Å². The SMILES string of the molecule is CCNC(=O)c1cccc(NC(=S)NC(=O)c2ccccc2OC(C)C)c1. The standard InChI is InChI=1S/C20H23N3O3S/c1-4-21-18(24)14-8-7-9-15(12-14)22-20(27)23-19(25)16-10-5-6-11-17(16)26-13(2)3/h5-13H,4H2,1-3H3,(H,21,24)(H2,22,23,25,27). The minimum Gasteiger partial charge on any atom is -0.490 e. The molecule has 0 aromatic heterocycles. The molecule has 142 valence electrons. The molecule has 0 saturated carbocycles. The summed E-state index contributed by atoms with van der Waals surface area (Å²) >= 11 is 5.22. The average Bonchev–Trinajstić information content (AvgIpc) is 2.62. The highest BCUT2D eigenvalue weighted by Gasteiger charge is 2.14. The van der Waals surface area contributed by atoms with Crippen molar-refractivity contribution in [3.63, 3.8) is 0 Å². The number of para-hydroxylation sites is 1. The highest BCUT2D eigenvalue weighted by atomic mass is 32.1. The quantitative estimate of drug-likeness (QED) is 0.665. The van der Waals surface area contributed by atoms with Crippen molar-refractivity contribution >= 4 is 34.8 Å². The predicted octanol–water partition coefficient (Wildman–Crippen LogP) is 3.35. The lowest BCUT2D eigenvalue weighted by Crippen LogP contribution is -2.34. The monoisotopic (exact) mass is 385 g/mol. The summed E-state index contributed by atoms with van der Waals surface area (Å²) < 4.78 is 5.66. The Morgan fingerprint density at radius 3 is 2.52 bits per heavy atom. The van der Waals surface area contributed by atoms with Crippen LogP contribution in [0.3, 0.4) is 0 Å². The third-order valence-electron chi connectivity index (χ3n) is 3.44. The molecule has 6 nitrogen and oxygen atoms in total. The molecule has 0 radical (unpaired) electrons. The summed E-state index contributed by atoms with van der Waals surface area (Å²) in [5, 5.41) is 8.42. The van der Waals surface area contributed by atoms with Gasteiger partial charge in [-0.2, -0.15) is 0 Å². The average molecular weight is 385 g/mol. The highest BCUT2D eigenvalue weighted by Crippen LogP contribution is 2.19. The fraction of sp³-hybridized carbons (Fsp3) is 0.250. The molecule has 2 amide bonds. The minimum absolute atomic E-state index is 0.0546. The lowest BCUT2D eigenvalue weighted by Gasteiger charge is -2.15. The van der Waals surface area contributed by atoms with Crippen LogP contribution in [-0.4, -0.2) is 29.6 Å². The Morgan fingerprint density at radius 1 is 1.07 bits per heavy atom. The zero-order valence-electron chi connectivity index (χ0n) is 15.5. The van der Waals surface area contributed by atoms with E-state index in [1.54, 1.807) is 48.5 Å². The molecule has 0 heterocycles. The van der Waals surface area contributed by atoms with Gasteiger partial charge in [0, 0.05) is 17.8 Å². The molecule has 27 heavy (non-hydrogen) atoms. The number of amides is 2. The Morgan fingerprint density at radius 2 is 1.81 bits per heavy atom. The topological polar surface area (TPSA) is 79.5 Å². The Balaban J connectivity index is 2.05. The maximum atomic E-state index is 12.5. The Hall–Kier alpha value is -2.93. The van der Waals surface area contributed by atoms with Crippen LogP contribution in [0, 0.1) is 0 Å². The van der Waals surface area contributed by atoms with E-state index < -0.39 is 0 Å². The molecular weight excluding hydrogens is 362 g/mol.